The van der Waals surface area contributed by atoms with Gasteiger partial charge in [-0.2, -0.15) is 0 Å². The minimum atomic E-state index is -0.111. The summed E-state index contributed by atoms with van der Waals surface area (Å²) < 4.78 is 14.1. The summed E-state index contributed by atoms with van der Waals surface area (Å²) >= 11 is 0. The Labute approximate surface area is 120 Å². The number of nitrogens with zero attached hydrogens (tertiary/aromatic N) is 2. The third kappa shape index (κ3) is 2.67. The van der Waals surface area contributed by atoms with Crippen LogP contribution in [0.5, 0.6) is 0 Å². The summed E-state index contributed by atoms with van der Waals surface area (Å²) in [5.41, 5.74) is 7.50. The molecule has 1 unspecified atom stereocenters. The van der Waals surface area contributed by atoms with Crippen molar-refractivity contribution in [3.05, 3.63) is 29.6 Å². The molecule has 0 bridgehead atoms. The van der Waals surface area contributed by atoms with Crippen LogP contribution in [-0.2, 0) is 6.42 Å². The highest BCUT2D eigenvalue weighted by Gasteiger charge is 2.29. The normalized spacial score (nSPS) is 23.7. The lowest BCUT2D eigenvalue weighted by molar-refractivity contribution is 0.273. The molecule has 1 aromatic carbocycles. The van der Waals surface area contributed by atoms with Gasteiger partial charge in [-0.1, -0.05) is 6.07 Å². The Morgan fingerprint density at radius 3 is 2.90 bits per heavy atom. The zero-order valence-electron chi connectivity index (χ0n) is 12.0. The van der Waals surface area contributed by atoms with Crippen LogP contribution < -0.4 is 10.6 Å². The lowest BCUT2D eigenvalue weighted by Gasteiger charge is -2.29. The van der Waals surface area contributed by atoms with Gasteiger partial charge in [0.15, 0.2) is 0 Å². The van der Waals surface area contributed by atoms with Crippen molar-refractivity contribution in [1.29, 1.82) is 0 Å². The zero-order valence-corrected chi connectivity index (χ0v) is 12.0. The Bertz CT molecular complexity index is 463. The standard InChI is InChI=1S/C16H24FN3/c17-15-5-1-6-16(14(15)7-8-18)20-11-3-10-19-9-2-4-13(19)12-20/h1,5-6,13H,2-4,7-12,18H2. The smallest absolute Gasteiger partial charge is 0.128 e. The van der Waals surface area contributed by atoms with Crippen LogP contribution in [-0.4, -0.2) is 43.7 Å². The topological polar surface area (TPSA) is 32.5 Å². The van der Waals surface area contributed by atoms with Crippen molar-refractivity contribution in [3.8, 4) is 0 Å². The highest BCUT2D eigenvalue weighted by atomic mass is 19.1. The van der Waals surface area contributed by atoms with Crippen LogP contribution in [0, 0.1) is 5.82 Å². The highest BCUT2D eigenvalue weighted by Crippen LogP contribution is 2.28. The van der Waals surface area contributed by atoms with E-state index < -0.39 is 0 Å². The molecule has 1 atom stereocenters. The quantitative estimate of drug-likeness (QED) is 0.917. The molecule has 110 valence electrons. The van der Waals surface area contributed by atoms with E-state index in [1.807, 2.05) is 6.07 Å². The van der Waals surface area contributed by atoms with Gasteiger partial charge in [-0.25, -0.2) is 4.39 Å². The maximum Gasteiger partial charge on any atom is 0.128 e. The van der Waals surface area contributed by atoms with Crippen LogP contribution in [0.25, 0.3) is 0 Å². The number of halogens is 1. The molecule has 2 aliphatic rings. The molecule has 0 amide bonds. The van der Waals surface area contributed by atoms with E-state index in [0.717, 1.165) is 30.8 Å². The number of anilines is 1. The summed E-state index contributed by atoms with van der Waals surface area (Å²) in [4.78, 5) is 4.98. The summed E-state index contributed by atoms with van der Waals surface area (Å²) in [6.45, 7) is 4.96. The molecule has 2 heterocycles. The number of hydrogen-bond donors (Lipinski definition) is 1. The van der Waals surface area contributed by atoms with E-state index in [9.17, 15) is 4.39 Å². The largest absolute Gasteiger partial charge is 0.370 e. The number of nitrogens with two attached hydrogens (primary N) is 1. The van der Waals surface area contributed by atoms with Gasteiger partial charge in [0, 0.05) is 36.9 Å². The molecule has 0 saturated carbocycles. The Balaban J connectivity index is 1.86. The van der Waals surface area contributed by atoms with E-state index in [1.54, 1.807) is 6.07 Å². The maximum atomic E-state index is 14.1. The number of rotatable bonds is 3. The van der Waals surface area contributed by atoms with Gasteiger partial charge >= 0.3 is 0 Å². The fraction of sp³-hybridized carbons (Fsp3) is 0.625. The van der Waals surface area contributed by atoms with Gasteiger partial charge in [0.25, 0.3) is 0 Å². The van der Waals surface area contributed by atoms with Crippen molar-refractivity contribution in [2.45, 2.75) is 31.7 Å². The predicted octanol–water partition coefficient (Wildman–Crippen LogP) is 2.00. The van der Waals surface area contributed by atoms with Crippen LogP contribution in [0.3, 0.4) is 0 Å². The van der Waals surface area contributed by atoms with E-state index in [1.165, 1.54) is 25.9 Å². The molecule has 0 aromatic heterocycles. The fourth-order valence-electron chi connectivity index (χ4n) is 3.66. The second-order valence-electron chi connectivity index (χ2n) is 5.91. The molecular weight excluding hydrogens is 253 g/mol. The molecule has 2 N–H and O–H groups in total. The third-order valence-corrected chi connectivity index (χ3v) is 4.63. The predicted molar refractivity (Wildman–Crippen MR) is 80.6 cm³/mol. The summed E-state index contributed by atoms with van der Waals surface area (Å²) in [5.74, 6) is -0.111. The molecular formula is C16H24FN3. The van der Waals surface area contributed by atoms with E-state index in [-0.39, 0.29) is 5.82 Å². The summed E-state index contributed by atoms with van der Waals surface area (Å²) in [6.07, 6.45) is 4.36. The lowest BCUT2D eigenvalue weighted by Crippen LogP contribution is -2.37. The number of benzene rings is 1. The first-order chi connectivity index (χ1) is 9.79. The Hall–Kier alpha value is -1.13. The van der Waals surface area contributed by atoms with Gasteiger partial charge in [0.05, 0.1) is 0 Å². The van der Waals surface area contributed by atoms with Crippen molar-refractivity contribution in [2.24, 2.45) is 5.73 Å². The van der Waals surface area contributed by atoms with E-state index >= 15 is 0 Å². The maximum absolute atomic E-state index is 14.1. The summed E-state index contributed by atoms with van der Waals surface area (Å²) in [7, 11) is 0. The number of hydrogen-bond acceptors (Lipinski definition) is 3. The summed E-state index contributed by atoms with van der Waals surface area (Å²) in [6, 6.07) is 6.07. The van der Waals surface area contributed by atoms with Crippen LogP contribution >= 0.6 is 0 Å². The van der Waals surface area contributed by atoms with Gasteiger partial charge in [0.2, 0.25) is 0 Å². The van der Waals surface area contributed by atoms with Crippen LogP contribution in [0.2, 0.25) is 0 Å². The van der Waals surface area contributed by atoms with E-state index in [0.29, 0.717) is 19.0 Å². The Morgan fingerprint density at radius 1 is 1.20 bits per heavy atom. The van der Waals surface area contributed by atoms with Crippen LogP contribution in [0.4, 0.5) is 10.1 Å². The number of fused-ring (bicyclic) bond motifs is 1. The molecule has 20 heavy (non-hydrogen) atoms. The minimum Gasteiger partial charge on any atom is -0.370 e. The van der Waals surface area contributed by atoms with Gasteiger partial charge in [-0.05, 0) is 50.9 Å². The first-order valence-corrected chi connectivity index (χ1v) is 7.76. The van der Waals surface area contributed by atoms with Gasteiger partial charge in [-0.15, -0.1) is 0 Å². The second kappa shape index (κ2) is 6.10. The molecule has 2 fully saturated rings. The molecule has 1 aromatic rings. The third-order valence-electron chi connectivity index (χ3n) is 4.63. The molecule has 2 aliphatic heterocycles. The second-order valence-corrected chi connectivity index (χ2v) is 5.91. The van der Waals surface area contributed by atoms with Crippen molar-refractivity contribution in [2.75, 3.05) is 37.6 Å². The first kappa shape index (κ1) is 13.8. The monoisotopic (exact) mass is 277 g/mol. The van der Waals surface area contributed by atoms with Gasteiger partial charge in [-0.3, -0.25) is 4.90 Å². The summed E-state index contributed by atoms with van der Waals surface area (Å²) in [5, 5.41) is 0. The Kier molecular flexibility index (Phi) is 4.22. The molecule has 0 spiro atoms. The van der Waals surface area contributed by atoms with E-state index in [4.69, 9.17) is 5.73 Å². The average Bonchev–Trinajstić information content (AvgIpc) is 2.79. The van der Waals surface area contributed by atoms with Gasteiger partial charge < -0.3 is 10.6 Å². The Morgan fingerprint density at radius 2 is 2.05 bits per heavy atom. The van der Waals surface area contributed by atoms with Crippen LogP contribution in [0.1, 0.15) is 24.8 Å². The van der Waals surface area contributed by atoms with Crippen molar-refractivity contribution < 1.29 is 4.39 Å². The average molecular weight is 277 g/mol. The SMILES string of the molecule is NCCc1c(F)cccc1N1CCCN2CCCC2C1. The molecule has 0 radical (unpaired) electrons. The first-order valence-electron chi connectivity index (χ1n) is 7.76. The molecule has 4 heteroatoms. The highest BCUT2D eigenvalue weighted by molar-refractivity contribution is 5.54. The minimum absolute atomic E-state index is 0.111. The van der Waals surface area contributed by atoms with Crippen LogP contribution in [0.15, 0.2) is 18.2 Å². The molecule has 3 rings (SSSR count). The van der Waals surface area contributed by atoms with E-state index in [2.05, 4.69) is 15.9 Å². The van der Waals surface area contributed by atoms with Crippen molar-refractivity contribution in [3.63, 3.8) is 0 Å². The fourth-order valence-corrected chi connectivity index (χ4v) is 3.66. The molecule has 2 saturated heterocycles. The van der Waals surface area contributed by atoms with Gasteiger partial charge in [0.1, 0.15) is 5.82 Å². The molecule has 3 nitrogen and oxygen atoms in total. The van der Waals surface area contributed by atoms with Crippen molar-refractivity contribution >= 4 is 5.69 Å². The van der Waals surface area contributed by atoms with Crippen molar-refractivity contribution in [1.82, 2.24) is 4.90 Å². The zero-order chi connectivity index (χ0) is 13.9. The lowest BCUT2D eigenvalue weighted by atomic mass is 10.1. The molecule has 0 aliphatic carbocycles.